The average Bonchev–Trinajstić information content (AvgIpc) is 2.30. The quantitative estimate of drug-likeness (QED) is 0.557. The van der Waals surface area contributed by atoms with Gasteiger partial charge in [-0.25, -0.2) is 0 Å². The van der Waals surface area contributed by atoms with Crippen molar-refractivity contribution < 1.29 is 4.48 Å². The van der Waals surface area contributed by atoms with Crippen LogP contribution in [-0.4, -0.2) is 25.6 Å². The van der Waals surface area contributed by atoms with Crippen molar-refractivity contribution in [3.8, 4) is 0 Å². The first kappa shape index (κ1) is 15.0. The minimum absolute atomic E-state index is 0. The second-order valence-electron chi connectivity index (χ2n) is 5.97. The summed E-state index contributed by atoms with van der Waals surface area (Å²) in [5.74, 6) is 0. The van der Waals surface area contributed by atoms with E-state index in [1.165, 1.54) is 37.7 Å². The largest absolute Gasteiger partial charge is 0.322 e. The number of hydrogen-bond donors (Lipinski definition) is 0. The highest BCUT2D eigenvalue weighted by Gasteiger charge is 2.44. The summed E-state index contributed by atoms with van der Waals surface area (Å²) in [5.41, 5.74) is 1.88. The fourth-order valence-electron chi connectivity index (χ4n) is 3.23. The van der Waals surface area contributed by atoms with Crippen LogP contribution in [0.25, 0.3) is 0 Å². The molecule has 96 valence electrons. The molecule has 0 bridgehead atoms. The van der Waals surface area contributed by atoms with Crippen molar-refractivity contribution in [2.24, 2.45) is 0 Å². The third kappa shape index (κ3) is 2.84. The van der Waals surface area contributed by atoms with E-state index in [-0.39, 0.29) is 24.0 Å². The van der Waals surface area contributed by atoms with Gasteiger partial charge in [0.1, 0.15) is 5.54 Å². The first-order valence-electron chi connectivity index (χ1n) is 6.43. The summed E-state index contributed by atoms with van der Waals surface area (Å²) < 4.78 is 1.05. The van der Waals surface area contributed by atoms with Crippen molar-refractivity contribution in [2.75, 3.05) is 21.1 Å². The molecule has 0 atom stereocenters. The summed E-state index contributed by atoms with van der Waals surface area (Å²) in [6.45, 7) is 0. The van der Waals surface area contributed by atoms with Crippen LogP contribution in [0, 0.1) is 0 Å². The van der Waals surface area contributed by atoms with Crippen LogP contribution in [0.1, 0.15) is 37.7 Å². The zero-order valence-electron chi connectivity index (χ0n) is 11.3. The van der Waals surface area contributed by atoms with Gasteiger partial charge in [-0.15, -0.1) is 24.0 Å². The van der Waals surface area contributed by atoms with Gasteiger partial charge in [0.15, 0.2) is 0 Å². The number of hydrogen-bond acceptors (Lipinski definition) is 0. The minimum atomic E-state index is 0. The summed E-state index contributed by atoms with van der Waals surface area (Å²) >= 11 is 0. The molecule has 0 aliphatic heterocycles. The molecule has 2 rings (SSSR count). The Labute approximate surface area is 123 Å². The highest BCUT2D eigenvalue weighted by Crippen LogP contribution is 2.43. The molecule has 2 heteroatoms. The molecule has 0 radical (unpaired) electrons. The summed E-state index contributed by atoms with van der Waals surface area (Å²) in [6, 6.07) is 11.1. The maximum absolute atomic E-state index is 2.35. The van der Waals surface area contributed by atoms with Gasteiger partial charge in [-0.1, -0.05) is 36.8 Å². The number of nitrogens with zero attached hydrogens (tertiary/aromatic N) is 1. The number of benzene rings is 1. The lowest BCUT2D eigenvalue weighted by atomic mass is 9.74. The summed E-state index contributed by atoms with van der Waals surface area (Å²) in [6.07, 6.45) is 6.84. The van der Waals surface area contributed by atoms with Crippen molar-refractivity contribution in [3.05, 3.63) is 35.9 Å². The second-order valence-corrected chi connectivity index (χ2v) is 5.97. The van der Waals surface area contributed by atoms with E-state index in [4.69, 9.17) is 0 Å². The van der Waals surface area contributed by atoms with E-state index in [0.29, 0.717) is 5.54 Å². The van der Waals surface area contributed by atoms with Gasteiger partial charge in [0.05, 0.1) is 21.1 Å². The molecule has 1 aromatic carbocycles. The second kappa shape index (κ2) is 5.70. The molecule has 0 unspecified atom stereocenters. The Bertz CT molecular complexity index is 334. The van der Waals surface area contributed by atoms with Crippen molar-refractivity contribution in [1.82, 2.24) is 0 Å². The molecule has 0 N–H and O–H groups in total. The predicted molar refractivity (Wildman–Crippen MR) is 84.7 cm³/mol. The molecule has 1 aromatic rings. The van der Waals surface area contributed by atoms with Gasteiger partial charge in [-0.2, -0.15) is 0 Å². The van der Waals surface area contributed by atoms with Gasteiger partial charge in [-0.05, 0) is 12.8 Å². The zero-order valence-corrected chi connectivity index (χ0v) is 13.6. The van der Waals surface area contributed by atoms with Crippen molar-refractivity contribution >= 4 is 24.0 Å². The summed E-state index contributed by atoms with van der Waals surface area (Å²) in [7, 11) is 7.04. The fourth-order valence-corrected chi connectivity index (χ4v) is 3.23. The van der Waals surface area contributed by atoms with Crippen molar-refractivity contribution in [2.45, 2.75) is 37.6 Å². The van der Waals surface area contributed by atoms with E-state index in [1.54, 1.807) is 0 Å². The molecular formula is C15H25IN+. The Morgan fingerprint density at radius 3 is 1.88 bits per heavy atom. The molecule has 0 amide bonds. The Morgan fingerprint density at radius 1 is 0.882 bits per heavy atom. The Hall–Kier alpha value is -0.0900. The molecule has 0 saturated heterocycles. The normalized spacial score (nSPS) is 19.5. The predicted octanol–water partition coefficient (Wildman–Crippen LogP) is 4.17. The van der Waals surface area contributed by atoms with Gasteiger partial charge in [-0.3, -0.25) is 0 Å². The maximum atomic E-state index is 2.35. The zero-order chi connectivity index (χ0) is 11.6. The molecule has 1 aliphatic rings. The van der Waals surface area contributed by atoms with E-state index in [0.717, 1.165) is 4.48 Å². The van der Waals surface area contributed by atoms with E-state index in [9.17, 15) is 0 Å². The van der Waals surface area contributed by atoms with Crippen LogP contribution in [0.15, 0.2) is 30.3 Å². The number of quaternary nitrogens is 1. The lowest BCUT2D eigenvalue weighted by Crippen LogP contribution is -2.55. The molecule has 1 aliphatic carbocycles. The monoisotopic (exact) mass is 346 g/mol. The highest BCUT2D eigenvalue weighted by molar-refractivity contribution is 14.0. The van der Waals surface area contributed by atoms with Gasteiger partial charge in [0.25, 0.3) is 0 Å². The average molecular weight is 346 g/mol. The van der Waals surface area contributed by atoms with Crippen LogP contribution in [-0.2, 0) is 5.54 Å². The SMILES string of the molecule is C[N+](C)(C)C1(c2ccccc2)CCCCC1.I. The molecule has 1 fully saturated rings. The van der Waals surface area contributed by atoms with Crippen molar-refractivity contribution in [1.29, 1.82) is 0 Å². The van der Waals surface area contributed by atoms with Crippen LogP contribution in [0.2, 0.25) is 0 Å². The van der Waals surface area contributed by atoms with Gasteiger partial charge in [0.2, 0.25) is 0 Å². The van der Waals surface area contributed by atoms with E-state index in [1.807, 2.05) is 0 Å². The minimum Gasteiger partial charge on any atom is -0.322 e. The van der Waals surface area contributed by atoms with Crippen LogP contribution >= 0.6 is 24.0 Å². The highest BCUT2D eigenvalue weighted by atomic mass is 127. The third-order valence-corrected chi connectivity index (χ3v) is 4.28. The maximum Gasteiger partial charge on any atom is 0.124 e. The van der Waals surface area contributed by atoms with Gasteiger partial charge >= 0.3 is 0 Å². The van der Waals surface area contributed by atoms with Crippen LogP contribution in [0.3, 0.4) is 0 Å². The topological polar surface area (TPSA) is 0 Å². The standard InChI is InChI=1S/C15H24N.HI/c1-16(2,3)15(12-8-5-9-13-15)14-10-6-4-7-11-14;/h4,6-7,10-11H,5,8-9,12-13H2,1-3H3;1H/q+1;. The fraction of sp³-hybridized carbons (Fsp3) is 0.600. The molecule has 0 aromatic heterocycles. The molecular weight excluding hydrogens is 321 g/mol. The van der Waals surface area contributed by atoms with Crippen LogP contribution in [0.5, 0.6) is 0 Å². The Balaban J connectivity index is 0.00000144. The molecule has 17 heavy (non-hydrogen) atoms. The van der Waals surface area contributed by atoms with E-state index < -0.39 is 0 Å². The molecule has 1 saturated carbocycles. The smallest absolute Gasteiger partial charge is 0.124 e. The Morgan fingerprint density at radius 2 is 1.41 bits per heavy atom. The molecule has 0 heterocycles. The lowest BCUT2D eigenvalue weighted by molar-refractivity contribution is -0.934. The first-order chi connectivity index (χ1) is 7.56. The lowest BCUT2D eigenvalue weighted by Gasteiger charge is -2.49. The molecule has 1 nitrogen and oxygen atoms in total. The first-order valence-corrected chi connectivity index (χ1v) is 6.43. The number of halogens is 1. The van der Waals surface area contributed by atoms with Crippen LogP contribution < -0.4 is 0 Å². The van der Waals surface area contributed by atoms with E-state index >= 15 is 0 Å². The third-order valence-electron chi connectivity index (χ3n) is 4.28. The number of rotatable bonds is 2. The Kier molecular flexibility index (Phi) is 5.02. The van der Waals surface area contributed by atoms with Crippen molar-refractivity contribution in [3.63, 3.8) is 0 Å². The summed E-state index contributed by atoms with van der Waals surface area (Å²) in [4.78, 5) is 0. The van der Waals surface area contributed by atoms with E-state index in [2.05, 4.69) is 51.5 Å². The van der Waals surface area contributed by atoms with Gasteiger partial charge < -0.3 is 4.48 Å². The van der Waals surface area contributed by atoms with Crippen LogP contribution in [0.4, 0.5) is 0 Å². The molecule has 0 spiro atoms. The van der Waals surface area contributed by atoms with Gasteiger partial charge in [0, 0.05) is 18.4 Å². The summed E-state index contributed by atoms with van der Waals surface area (Å²) in [5, 5.41) is 0.